The van der Waals surface area contributed by atoms with Gasteiger partial charge < -0.3 is 19.5 Å². The van der Waals surface area contributed by atoms with Crippen LogP contribution in [-0.2, 0) is 11.3 Å². The standard InChI is InChI=1S/C23H24N4O3/c1-17-24-10-11-27(17)16-18-6-8-19(9-7-18)22(28)25-21-5-3-2-4-20(21)23(29)26-12-14-30-15-13-26/h2-11H,12-16H2,1H3,(H,25,28). The van der Waals surface area contributed by atoms with Gasteiger partial charge in [-0.1, -0.05) is 24.3 Å². The number of aryl methyl sites for hydroxylation is 1. The summed E-state index contributed by atoms with van der Waals surface area (Å²) in [5.41, 5.74) is 2.61. The highest BCUT2D eigenvalue weighted by molar-refractivity contribution is 6.09. The first-order valence-corrected chi connectivity index (χ1v) is 9.96. The number of nitrogens with zero attached hydrogens (tertiary/aromatic N) is 3. The Labute approximate surface area is 175 Å². The molecule has 0 radical (unpaired) electrons. The van der Waals surface area contributed by atoms with Gasteiger partial charge in [0.2, 0.25) is 0 Å². The van der Waals surface area contributed by atoms with Gasteiger partial charge in [-0.25, -0.2) is 4.98 Å². The van der Waals surface area contributed by atoms with Crippen LogP contribution >= 0.6 is 0 Å². The van der Waals surface area contributed by atoms with E-state index in [0.717, 1.165) is 11.4 Å². The molecule has 0 unspecified atom stereocenters. The van der Waals surface area contributed by atoms with Crippen molar-refractivity contribution in [3.8, 4) is 0 Å². The van der Waals surface area contributed by atoms with Gasteiger partial charge in [-0.2, -0.15) is 0 Å². The van der Waals surface area contributed by atoms with Crippen LogP contribution in [0.3, 0.4) is 0 Å². The van der Waals surface area contributed by atoms with E-state index in [4.69, 9.17) is 4.74 Å². The number of hydrogen-bond acceptors (Lipinski definition) is 4. The lowest BCUT2D eigenvalue weighted by atomic mass is 10.1. The number of para-hydroxylation sites is 1. The highest BCUT2D eigenvalue weighted by atomic mass is 16.5. The van der Waals surface area contributed by atoms with E-state index in [0.29, 0.717) is 49.7 Å². The van der Waals surface area contributed by atoms with Gasteiger partial charge in [0, 0.05) is 37.6 Å². The van der Waals surface area contributed by atoms with Crippen molar-refractivity contribution >= 4 is 17.5 Å². The number of hydrogen-bond donors (Lipinski definition) is 1. The minimum Gasteiger partial charge on any atom is -0.378 e. The number of carbonyl (C=O) groups is 2. The number of rotatable bonds is 5. The zero-order chi connectivity index (χ0) is 20.9. The SMILES string of the molecule is Cc1nccn1Cc1ccc(C(=O)Nc2ccccc2C(=O)N2CCOCC2)cc1. The zero-order valence-electron chi connectivity index (χ0n) is 16.9. The Bertz CT molecular complexity index is 1040. The highest BCUT2D eigenvalue weighted by Gasteiger charge is 2.21. The second kappa shape index (κ2) is 8.92. The predicted molar refractivity (Wildman–Crippen MR) is 114 cm³/mol. The van der Waals surface area contributed by atoms with Crippen LogP contribution in [0.25, 0.3) is 0 Å². The summed E-state index contributed by atoms with van der Waals surface area (Å²) in [5, 5.41) is 2.89. The maximum atomic E-state index is 12.9. The molecule has 7 heteroatoms. The molecule has 0 atom stereocenters. The summed E-state index contributed by atoms with van der Waals surface area (Å²) in [4.78, 5) is 31.6. The molecule has 0 bridgehead atoms. The van der Waals surface area contributed by atoms with E-state index in [2.05, 4.69) is 10.3 Å². The maximum absolute atomic E-state index is 12.9. The molecule has 1 saturated heterocycles. The average molecular weight is 404 g/mol. The average Bonchev–Trinajstić information content (AvgIpc) is 3.19. The Kier molecular flexibility index (Phi) is 5.90. The zero-order valence-corrected chi connectivity index (χ0v) is 16.9. The number of morpholine rings is 1. The molecule has 1 N–H and O–H groups in total. The first kappa shape index (κ1) is 19.8. The first-order chi connectivity index (χ1) is 14.6. The van der Waals surface area contributed by atoms with Crippen LogP contribution in [0.1, 0.15) is 32.1 Å². The topological polar surface area (TPSA) is 76.5 Å². The molecule has 0 spiro atoms. The van der Waals surface area contributed by atoms with Crippen molar-refractivity contribution < 1.29 is 14.3 Å². The van der Waals surface area contributed by atoms with Gasteiger partial charge in [0.15, 0.2) is 0 Å². The highest BCUT2D eigenvalue weighted by Crippen LogP contribution is 2.19. The normalized spacial score (nSPS) is 13.8. The lowest BCUT2D eigenvalue weighted by molar-refractivity contribution is 0.0303. The van der Waals surface area contributed by atoms with Crippen LogP contribution in [0, 0.1) is 6.92 Å². The van der Waals surface area contributed by atoms with Gasteiger partial charge in [-0.3, -0.25) is 9.59 Å². The maximum Gasteiger partial charge on any atom is 0.256 e. The van der Waals surface area contributed by atoms with Gasteiger partial charge in [0.1, 0.15) is 5.82 Å². The summed E-state index contributed by atoms with van der Waals surface area (Å²) >= 11 is 0. The molecule has 1 aromatic heterocycles. The van der Waals surface area contributed by atoms with E-state index < -0.39 is 0 Å². The van der Waals surface area contributed by atoms with Crippen molar-refractivity contribution in [2.75, 3.05) is 31.6 Å². The Balaban J connectivity index is 1.46. The summed E-state index contributed by atoms with van der Waals surface area (Å²) in [6.45, 7) is 4.83. The van der Waals surface area contributed by atoms with Crippen molar-refractivity contribution in [1.82, 2.24) is 14.5 Å². The number of imidazole rings is 1. The molecule has 4 rings (SSSR count). The molecule has 2 aromatic carbocycles. The molecule has 154 valence electrons. The van der Waals surface area contributed by atoms with Crippen LogP contribution in [0.5, 0.6) is 0 Å². The molecule has 2 amide bonds. The molecule has 2 heterocycles. The van der Waals surface area contributed by atoms with Crippen molar-refractivity contribution in [1.29, 1.82) is 0 Å². The molecule has 0 aliphatic carbocycles. The number of carbonyl (C=O) groups excluding carboxylic acids is 2. The molecule has 7 nitrogen and oxygen atoms in total. The molecule has 1 aliphatic rings. The number of anilines is 1. The largest absolute Gasteiger partial charge is 0.378 e. The van der Waals surface area contributed by atoms with Gasteiger partial charge in [-0.15, -0.1) is 0 Å². The van der Waals surface area contributed by atoms with E-state index in [1.54, 1.807) is 41.4 Å². The summed E-state index contributed by atoms with van der Waals surface area (Å²) in [5.74, 6) is 0.598. The monoisotopic (exact) mass is 404 g/mol. The van der Waals surface area contributed by atoms with Crippen molar-refractivity contribution in [2.45, 2.75) is 13.5 Å². The fourth-order valence-corrected chi connectivity index (χ4v) is 3.44. The quantitative estimate of drug-likeness (QED) is 0.709. The van der Waals surface area contributed by atoms with Gasteiger partial charge in [0.05, 0.1) is 24.5 Å². The molecular formula is C23H24N4O3. The number of amides is 2. The Morgan fingerprint density at radius 3 is 2.50 bits per heavy atom. The molecular weight excluding hydrogens is 380 g/mol. The molecule has 30 heavy (non-hydrogen) atoms. The summed E-state index contributed by atoms with van der Waals surface area (Å²) in [7, 11) is 0. The minimum atomic E-state index is -0.248. The van der Waals surface area contributed by atoms with Gasteiger partial charge >= 0.3 is 0 Å². The predicted octanol–water partition coefficient (Wildman–Crippen LogP) is 2.96. The van der Waals surface area contributed by atoms with E-state index in [1.165, 1.54) is 0 Å². The van der Waals surface area contributed by atoms with Crippen LogP contribution < -0.4 is 5.32 Å². The van der Waals surface area contributed by atoms with Gasteiger partial charge in [-0.05, 0) is 36.8 Å². The van der Waals surface area contributed by atoms with Crippen LogP contribution in [-0.4, -0.2) is 52.6 Å². The molecule has 0 saturated carbocycles. The van der Waals surface area contributed by atoms with Crippen molar-refractivity contribution in [2.24, 2.45) is 0 Å². The molecule has 1 aliphatic heterocycles. The fraction of sp³-hybridized carbons (Fsp3) is 0.261. The van der Waals surface area contributed by atoms with E-state index in [1.807, 2.05) is 35.9 Å². The van der Waals surface area contributed by atoms with Crippen molar-refractivity contribution in [3.05, 3.63) is 83.4 Å². The van der Waals surface area contributed by atoms with Crippen molar-refractivity contribution in [3.63, 3.8) is 0 Å². The Hall–Kier alpha value is -3.45. The van der Waals surface area contributed by atoms with Crippen LogP contribution in [0.15, 0.2) is 60.9 Å². The van der Waals surface area contributed by atoms with E-state index >= 15 is 0 Å². The molecule has 1 fully saturated rings. The lowest BCUT2D eigenvalue weighted by Crippen LogP contribution is -2.41. The second-order valence-corrected chi connectivity index (χ2v) is 7.20. The van der Waals surface area contributed by atoms with Gasteiger partial charge in [0.25, 0.3) is 11.8 Å². The van der Waals surface area contributed by atoms with Crippen LogP contribution in [0.4, 0.5) is 5.69 Å². The van der Waals surface area contributed by atoms with E-state index in [9.17, 15) is 9.59 Å². The summed E-state index contributed by atoms with van der Waals surface area (Å²) < 4.78 is 7.36. The number of aromatic nitrogens is 2. The Morgan fingerprint density at radius 1 is 1.07 bits per heavy atom. The summed E-state index contributed by atoms with van der Waals surface area (Å²) in [6.07, 6.45) is 3.70. The van der Waals surface area contributed by atoms with E-state index in [-0.39, 0.29) is 11.8 Å². The number of benzene rings is 2. The third kappa shape index (κ3) is 4.41. The lowest BCUT2D eigenvalue weighted by Gasteiger charge is -2.27. The molecule has 3 aromatic rings. The third-order valence-electron chi connectivity index (χ3n) is 5.20. The number of ether oxygens (including phenoxy) is 1. The second-order valence-electron chi connectivity index (χ2n) is 7.20. The Morgan fingerprint density at radius 2 is 1.80 bits per heavy atom. The summed E-state index contributed by atoms with van der Waals surface area (Å²) in [6, 6.07) is 14.6. The third-order valence-corrected chi connectivity index (χ3v) is 5.20. The fourth-order valence-electron chi connectivity index (χ4n) is 3.44. The van der Waals surface area contributed by atoms with Crippen LogP contribution in [0.2, 0.25) is 0 Å². The first-order valence-electron chi connectivity index (χ1n) is 9.96. The minimum absolute atomic E-state index is 0.0970. The smallest absolute Gasteiger partial charge is 0.256 e. The number of nitrogens with one attached hydrogen (secondary N) is 1.